The number of anilines is 2. The number of hydrogen-bond donors (Lipinski definition) is 2. The number of amides is 1. The van der Waals surface area contributed by atoms with Gasteiger partial charge in [0, 0.05) is 50.3 Å². The number of methoxy groups -OCH3 is 1. The predicted octanol–water partition coefficient (Wildman–Crippen LogP) is 7.39. The summed E-state index contributed by atoms with van der Waals surface area (Å²) in [5.74, 6) is 2.29. The van der Waals surface area contributed by atoms with Gasteiger partial charge in [-0.3, -0.25) is 9.69 Å². The van der Waals surface area contributed by atoms with Crippen molar-refractivity contribution in [3.8, 4) is 17.4 Å². The Kier molecular flexibility index (Phi) is 13.3. The molecular weight excluding hydrogens is 584 g/mol. The number of carbonyl (C=O) groups excluding carboxylic acids is 1. The Morgan fingerprint density at radius 2 is 1.78 bits per heavy atom. The molecule has 2 N–H and O–H groups in total. The van der Waals surface area contributed by atoms with Gasteiger partial charge in [-0.1, -0.05) is 58.7 Å². The van der Waals surface area contributed by atoms with Crippen LogP contribution in [0.25, 0.3) is 6.08 Å². The van der Waals surface area contributed by atoms with E-state index in [1.807, 2.05) is 57.4 Å². The van der Waals surface area contributed by atoms with Crippen molar-refractivity contribution in [1.29, 1.82) is 0 Å². The van der Waals surface area contributed by atoms with Gasteiger partial charge in [-0.15, -0.1) is 0 Å². The highest BCUT2D eigenvalue weighted by Crippen LogP contribution is 2.39. The van der Waals surface area contributed by atoms with Gasteiger partial charge < -0.3 is 24.4 Å². The molecule has 10 heteroatoms. The summed E-state index contributed by atoms with van der Waals surface area (Å²) in [6, 6.07) is 11.6. The average Bonchev–Trinajstić information content (AvgIpc) is 3.01. The van der Waals surface area contributed by atoms with Gasteiger partial charge >= 0.3 is 0 Å². The van der Waals surface area contributed by atoms with Gasteiger partial charge in [-0.25, -0.2) is 4.98 Å². The summed E-state index contributed by atoms with van der Waals surface area (Å²) in [5, 5.41) is 3.07. The first-order valence-corrected chi connectivity index (χ1v) is 16.7. The third-order valence-corrected chi connectivity index (χ3v) is 7.95. The van der Waals surface area contributed by atoms with Gasteiger partial charge in [0.2, 0.25) is 5.88 Å². The van der Waals surface area contributed by atoms with E-state index in [1.165, 1.54) is 11.9 Å². The van der Waals surface area contributed by atoms with Gasteiger partial charge in [0.25, 0.3) is 5.91 Å². The van der Waals surface area contributed by atoms with Crippen LogP contribution in [0.1, 0.15) is 64.1 Å². The number of hydrogen-bond acceptors (Lipinski definition) is 9. The molecule has 1 aliphatic heterocycles. The van der Waals surface area contributed by atoms with Crippen molar-refractivity contribution in [1.82, 2.24) is 19.8 Å². The van der Waals surface area contributed by atoms with Crippen molar-refractivity contribution in [3.63, 3.8) is 0 Å². The lowest BCUT2D eigenvalue weighted by Gasteiger charge is -2.31. The second-order valence-electron chi connectivity index (χ2n) is 11.9. The van der Waals surface area contributed by atoms with E-state index in [1.54, 1.807) is 26.3 Å². The van der Waals surface area contributed by atoms with Crippen LogP contribution in [0.4, 0.5) is 11.4 Å². The van der Waals surface area contributed by atoms with E-state index in [0.29, 0.717) is 35.2 Å². The number of nitrogens with zero attached hydrogens (tertiary/aromatic N) is 4. The lowest BCUT2D eigenvalue weighted by atomic mass is 9.86. The third-order valence-electron chi connectivity index (χ3n) is 7.53. The zero-order valence-corrected chi connectivity index (χ0v) is 29.4. The first-order chi connectivity index (χ1) is 21.5. The number of aromatic nitrogens is 2. The van der Waals surface area contributed by atoms with E-state index in [9.17, 15) is 4.79 Å². The fourth-order valence-electron chi connectivity index (χ4n) is 4.81. The van der Waals surface area contributed by atoms with Crippen molar-refractivity contribution in [2.75, 3.05) is 56.6 Å². The summed E-state index contributed by atoms with van der Waals surface area (Å²) >= 11 is 1.47. The summed E-state index contributed by atoms with van der Waals surface area (Å²) in [4.78, 5) is 27.2. The summed E-state index contributed by atoms with van der Waals surface area (Å²) in [6.07, 6.45) is 5.56. The number of benzene rings is 2. The highest BCUT2D eigenvalue weighted by atomic mass is 32.2. The molecule has 3 aromatic rings. The minimum atomic E-state index is -0.213. The number of nitrogens with one attached hydrogen (secondary N) is 2. The Labute approximate surface area is 273 Å². The highest BCUT2D eigenvalue weighted by molar-refractivity contribution is 7.99. The first kappa shape index (κ1) is 35.9. The Hall–Kier alpha value is -3.60. The fraction of sp³-hybridized carbons (Fsp3) is 0.457. The molecule has 0 atom stereocenters. The van der Waals surface area contributed by atoms with E-state index in [-0.39, 0.29) is 11.3 Å². The molecule has 4 rings (SSSR count). The van der Waals surface area contributed by atoms with Crippen LogP contribution in [0.15, 0.2) is 48.2 Å². The predicted molar refractivity (Wildman–Crippen MR) is 189 cm³/mol. The zero-order chi connectivity index (χ0) is 33.1. The molecule has 9 nitrogen and oxygen atoms in total. The largest absolute Gasteiger partial charge is 0.492 e. The van der Waals surface area contributed by atoms with Gasteiger partial charge in [0.1, 0.15) is 11.6 Å². The van der Waals surface area contributed by atoms with Gasteiger partial charge in [0.15, 0.2) is 5.75 Å². The molecule has 0 bridgehead atoms. The monoisotopic (exact) mass is 634 g/mol. The van der Waals surface area contributed by atoms with Crippen LogP contribution in [0.5, 0.6) is 17.4 Å². The molecule has 244 valence electrons. The van der Waals surface area contributed by atoms with E-state index in [4.69, 9.17) is 9.47 Å². The second kappa shape index (κ2) is 16.6. The maximum atomic E-state index is 13.4. The van der Waals surface area contributed by atoms with Crippen LogP contribution >= 0.6 is 11.9 Å². The lowest BCUT2D eigenvalue weighted by molar-refractivity contribution is -0.112. The van der Waals surface area contributed by atoms with Crippen LogP contribution in [-0.2, 0) is 16.8 Å². The zero-order valence-electron chi connectivity index (χ0n) is 28.6. The molecule has 1 saturated heterocycles. The highest BCUT2D eigenvalue weighted by Gasteiger charge is 2.21. The third kappa shape index (κ3) is 9.94. The summed E-state index contributed by atoms with van der Waals surface area (Å²) in [5.41, 5.74) is 4.76. The van der Waals surface area contributed by atoms with Crippen LogP contribution < -0.4 is 19.5 Å². The number of likely N-dealkylation sites (N-methyl/N-ethyl adjacent to an activating group) is 1. The van der Waals surface area contributed by atoms with Crippen molar-refractivity contribution in [2.24, 2.45) is 0 Å². The fourth-order valence-corrected chi connectivity index (χ4v) is 5.18. The smallest absolute Gasteiger partial charge is 0.251 e. The number of ether oxygens (including phenoxy) is 2. The van der Waals surface area contributed by atoms with Crippen LogP contribution in [-0.4, -0.2) is 72.3 Å². The SMILES string of the molecule is CC.COc1c(NSC)cc(C(C)(C)C)cc1NC(=O)/C(C)=C/c1cccc(Oc2ccnc(CN3CCN(C)CC3)n2)c1C. The van der Waals surface area contributed by atoms with Crippen LogP contribution in [0, 0.1) is 6.92 Å². The first-order valence-electron chi connectivity index (χ1n) is 15.5. The van der Waals surface area contributed by atoms with Gasteiger partial charge in [-0.2, -0.15) is 4.98 Å². The minimum absolute atomic E-state index is 0.113. The molecule has 1 aliphatic rings. The molecular formula is C35H50N6O3S. The molecule has 45 heavy (non-hydrogen) atoms. The van der Waals surface area contributed by atoms with Crippen molar-refractivity contribution in [2.45, 2.75) is 60.4 Å². The quantitative estimate of drug-likeness (QED) is 0.175. The van der Waals surface area contributed by atoms with Gasteiger partial charge in [0.05, 0.1) is 25.0 Å². The Bertz CT molecular complexity index is 1460. The van der Waals surface area contributed by atoms with Crippen LogP contribution in [0.3, 0.4) is 0 Å². The maximum Gasteiger partial charge on any atom is 0.251 e. The number of carbonyl (C=O) groups is 1. The molecule has 0 saturated carbocycles. The maximum absolute atomic E-state index is 13.4. The van der Waals surface area contributed by atoms with E-state index in [0.717, 1.165) is 54.4 Å². The van der Waals surface area contributed by atoms with Crippen molar-refractivity contribution in [3.05, 3.63) is 70.7 Å². The summed E-state index contributed by atoms with van der Waals surface area (Å²) in [6.45, 7) is 19.0. The standard InChI is InChI=1S/C33H44N6O3S.C2H6/c1-22(32(40)35-26-19-25(33(3,4)5)20-27(37-43-8)31(26)41-7)18-24-10-9-11-28(23(24)2)42-30-12-13-34-29(36-30)21-39-16-14-38(6)15-17-39;1-2/h9-13,18-20,37H,14-17,21H2,1-8H3,(H,35,40);1-2H3/b22-18+;. The summed E-state index contributed by atoms with van der Waals surface area (Å²) < 4.78 is 15.2. The number of piperazine rings is 1. The molecule has 2 aromatic carbocycles. The van der Waals surface area contributed by atoms with Gasteiger partial charge in [-0.05, 0) is 67.3 Å². The van der Waals surface area contributed by atoms with E-state index >= 15 is 0 Å². The number of rotatable bonds is 10. The van der Waals surface area contributed by atoms with E-state index in [2.05, 4.69) is 63.7 Å². The van der Waals surface area contributed by atoms with Crippen LogP contribution in [0.2, 0.25) is 0 Å². The molecule has 0 spiro atoms. The minimum Gasteiger partial charge on any atom is -0.492 e. The molecule has 1 amide bonds. The molecule has 0 aliphatic carbocycles. The molecule has 0 unspecified atom stereocenters. The summed E-state index contributed by atoms with van der Waals surface area (Å²) in [7, 11) is 3.75. The Morgan fingerprint density at radius 1 is 1.09 bits per heavy atom. The Morgan fingerprint density at radius 3 is 2.42 bits per heavy atom. The van der Waals surface area contributed by atoms with Crippen molar-refractivity contribution >= 4 is 35.3 Å². The average molecular weight is 635 g/mol. The topological polar surface area (TPSA) is 91.8 Å². The molecule has 1 fully saturated rings. The molecule has 0 radical (unpaired) electrons. The Balaban J connectivity index is 0.00000271. The van der Waals surface area contributed by atoms with E-state index < -0.39 is 0 Å². The molecule has 1 aromatic heterocycles. The van der Waals surface area contributed by atoms with Crippen molar-refractivity contribution < 1.29 is 14.3 Å². The lowest BCUT2D eigenvalue weighted by Crippen LogP contribution is -2.44. The normalized spacial score (nSPS) is 14.3. The second-order valence-corrected chi connectivity index (χ2v) is 12.5. The molecule has 2 heterocycles.